The van der Waals surface area contributed by atoms with Crippen LogP contribution in [0.3, 0.4) is 0 Å². The summed E-state index contributed by atoms with van der Waals surface area (Å²) in [5.74, 6) is -0.0572. The second kappa shape index (κ2) is 7.48. The molecular formula is C15H19N3O5. The molecule has 1 fully saturated rings. The van der Waals surface area contributed by atoms with Crippen LogP contribution in [0.5, 0.6) is 5.75 Å². The molecule has 8 heteroatoms. The molecule has 0 bridgehead atoms. The summed E-state index contributed by atoms with van der Waals surface area (Å²) in [5.41, 5.74) is 0.532. The molecule has 0 spiro atoms. The van der Waals surface area contributed by atoms with Crippen molar-refractivity contribution in [1.29, 1.82) is 0 Å². The van der Waals surface area contributed by atoms with Crippen LogP contribution in [0.25, 0.3) is 0 Å². The minimum Gasteiger partial charge on any atom is -0.453 e. The summed E-state index contributed by atoms with van der Waals surface area (Å²) < 4.78 is 9.63. The maximum absolute atomic E-state index is 12.2. The van der Waals surface area contributed by atoms with Gasteiger partial charge in [-0.1, -0.05) is 6.07 Å². The average molecular weight is 321 g/mol. The predicted molar refractivity (Wildman–Crippen MR) is 82.3 cm³/mol. The van der Waals surface area contributed by atoms with Crippen molar-refractivity contribution in [2.24, 2.45) is 0 Å². The number of esters is 1. The molecule has 0 saturated carbocycles. The van der Waals surface area contributed by atoms with Gasteiger partial charge in [-0.05, 0) is 12.1 Å². The summed E-state index contributed by atoms with van der Waals surface area (Å²) in [4.78, 5) is 37.7. The minimum absolute atomic E-state index is 0.269. The molecule has 124 valence electrons. The Morgan fingerprint density at radius 1 is 1.09 bits per heavy atom. The van der Waals surface area contributed by atoms with Crippen LogP contribution in [0.4, 0.5) is 15.3 Å². The van der Waals surface area contributed by atoms with Gasteiger partial charge in [0, 0.05) is 44.9 Å². The second-order valence-corrected chi connectivity index (χ2v) is 5.00. The molecule has 3 amide bonds. The molecule has 0 aliphatic carbocycles. The Balaban J connectivity index is 1.90. The number of piperazine rings is 1. The van der Waals surface area contributed by atoms with E-state index in [9.17, 15) is 14.4 Å². The highest BCUT2D eigenvalue weighted by Crippen LogP contribution is 2.18. The number of benzene rings is 1. The second-order valence-electron chi connectivity index (χ2n) is 5.00. The van der Waals surface area contributed by atoms with E-state index in [4.69, 9.17) is 4.74 Å². The molecule has 1 saturated heterocycles. The van der Waals surface area contributed by atoms with Crippen molar-refractivity contribution in [2.45, 2.75) is 6.92 Å². The number of amides is 3. The van der Waals surface area contributed by atoms with Gasteiger partial charge in [-0.3, -0.25) is 4.79 Å². The Kier molecular flexibility index (Phi) is 5.40. The summed E-state index contributed by atoms with van der Waals surface area (Å²) in [5, 5.41) is 2.74. The van der Waals surface area contributed by atoms with Crippen LogP contribution in [-0.4, -0.2) is 61.2 Å². The Morgan fingerprint density at radius 2 is 1.74 bits per heavy atom. The van der Waals surface area contributed by atoms with E-state index in [0.717, 1.165) is 0 Å². The van der Waals surface area contributed by atoms with E-state index < -0.39 is 5.97 Å². The molecule has 1 aromatic rings. The zero-order valence-corrected chi connectivity index (χ0v) is 13.1. The van der Waals surface area contributed by atoms with Crippen LogP contribution in [-0.2, 0) is 9.53 Å². The van der Waals surface area contributed by atoms with Crippen molar-refractivity contribution in [3.63, 3.8) is 0 Å². The Bertz CT molecular complexity index is 597. The number of methoxy groups -OCH3 is 1. The lowest BCUT2D eigenvalue weighted by molar-refractivity contribution is -0.131. The quantitative estimate of drug-likeness (QED) is 0.659. The molecule has 0 radical (unpaired) electrons. The van der Waals surface area contributed by atoms with E-state index in [0.29, 0.717) is 37.6 Å². The maximum atomic E-state index is 12.2. The summed E-state index contributed by atoms with van der Waals surface area (Å²) in [6.45, 7) is 3.00. The van der Waals surface area contributed by atoms with Crippen molar-refractivity contribution < 1.29 is 23.9 Å². The van der Waals surface area contributed by atoms with Crippen LogP contribution >= 0.6 is 0 Å². The average Bonchev–Trinajstić information content (AvgIpc) is 2.54. The molecule has 8 nitrogen and oxygen atoms in total. The SMILES string of the molecule is COC(=O)N1CCN(C(=O)Nc2cccc(OC(C)=O)c2)CC1. The lowest BCUT2D eigenvalue weighted by Crippen LogP contribution is -2.51. The lowest BCUT2D eigenvalue weighted by Gasteiger charge is -2.33. The van der Waals surface area contributed by atoms with Gasteiger partial charge < -0.3 is 24.6 Å². The van der Waals surface area contributed by atoms with E-state index in [-0.39, 0.29) is 12.1 Å². The standard InChI is InChI=1S/C15H19N3O5/c1-11(19)23-13-5-3-4-12(10-13)16-14(20)17-6-8-18(9-7-17)15(21)22-2/h3-5,10H,6-9H2,1-2H3,(H,16,20). The van der Waals surface area contributed by atoms with Crippen molar-refractivity contribution in [2.75, 3.05) is 38.6 Å². The molecule has 1 heterocycles. The van der Waals surface area contributed by atoms with Gasteiger partial charge in [0.05, 0.1) is 7.11 Å². The monoisotopic (exact) mass is 321 g/mol. The normalized spacial score (nSPS) is 14.2. The van der Waals surface area contributed by atoms with Crippen molar-refractivity contribution >= 4 is 23.8 Å². The first-order valence-electron chi connectivity index (χ1n) is 7.17. The highest BCUT2D eigenvalue weighted by molar-refractivity contribution is 5.89. The molecule has 0 atom stereocenters. The highest BCUT2D eigenvalue weighted by atomic mass is 16.5. The fourth-order valence-corrected chi connectivity index (χ4v) is 2.23. The van der Waals surface area contributed by atoms with E-state index >= 15 is 0 Å². The van der Waals surface area contributed by atoms with Gasteiger partial charge in [-0.2, -0.15) is 0 Å². The number of anilines is 1. The predicted octanol–water partition coefficient (Wildman–Crippen LogP) is 1.53. The molecule has 1 N–H and O–H groups in total. The minimum atomic E-state index is -0.424. The summed E-state index contributed by atoms with van der Waals surface area (Å²) in [6, 6.07) is 6.32. The summed E-state index contributed by atoms with van der Waals surface area (Å²) in [7, 11) is 1.33. The molecule has 2 rings (SSSR count). The molecule has 0 aromatic heterocycles. The van der Waals surface area contributed by atoms with Gasteiger partial charge in [-0.25, -0.2) is 9.59 Å². The van der Waals surface area contributed by atoms with E-state index in [2.05, 4.69) is 10.1 Å². The third-order valence-electron chi connectivity index (χ3n) is 3.35. The number of carbonyl (C=O) groups is 3. The van der Waals surface area contributed by atoms with Crippen LogP contribution in [0.2, 0.25) is 0 Å². The van der Waals surface area contributed by atoms with Gasteiger partial charge in [-0.15, -0.1) is 0 Å². The molecule has 1 aliphatic heterocycles. The number of nitrogens with zero attached hydrogens (tertiary/aromatic N) is 2. The third kappa shape index (κ3) is 4.60. The van der Waals surface area contributed by atoms with Gasteiger partial charge >= 0.3 is 18.1 Å². The number of urea groups is 1. The topological polar surface area (TPSA) is 88.2 Å². The fraction of sp³-hybridized carbons (Fsp3) is 0.400. The number of rotatable bonds is 2. The van der Waals surface area contributed by atoms with Gasteiger partial charge in [0.2, 0.25) is 0 Å². The van der Waals surface area contributed by atoms with Crippen LogP contribution < -0.4 is 10.1 Å². The highest BCUT2D eigenvalue weighted by Gasteiger charge is 2.24. The van der Waals surface area contributed by atoms with Crippen LogP contribution in [0.15, 0.2) is 24.3 Å². The third-order valence-corrected chi connectivity index (χ3v) is 3.35. The first-order valence-corrected chi connectivity index (χ1v) is 7.17. The Hall–Kier alpha value is -2.77. The largest absolute Gasteiger partial charge is 0.453 e. The van der Waals surface area contributed by atoms with Crippen molar-refractivity contribution in [1.82, 2.24) is 9.80 Å². The molecule has 23 heavy (non-hydrogen) atoms. The molecule has 1 aliphatic rings. The zero-order chi connectivity index (χ0) is 16.8. The van der Waals surface area contributed by atoms with Crippen molar-refractivity contribution in [3.05, 3.63) is 24.3 Å². The fourth-order valence-electron chi connectivity index (χ4n) is 2.23. The van der Waals surface area contributed by atoms with Crippen LogP contribution in [0.1, 0.15) is 6.92 Å². The zero-order valence-electron chi connectivity index (χ0n) is 13.1. The molecular weight excluding hydrogens is 302 g/mol. The first-order chi connectivity index (χ1) is 11.0. The Labute approximate surface area is 133 Å². The number of hydrogen-bond acceptors (Lipinski definition) is 5. The van der Waals surface area contributed by atoms with E-state index in [1.165, 1.54) is 14.0 Å². The lowest BCUT2D eigenvalue weighted by atomic mass is 10.3. The van der Waals surface area contributed by atoms with Gasteiger partial charge in [0.1, 0.15) is 5.75 Å². The number of ether oxygens (including phenoxy) is 2. The number of carbonyl (C=O) groups excluding carboxylic acids is 3. The maximum Gasteiger partial charge on any atom is 0.409 e. The summed E-state index contributed by atoms with van der Waals surface area (Å²) >= 11 is 0. The van der Waals surface area contributed by atoms with Gasteiger partial charge in [0.25, 0.3) is 0 Å². The number of hydrogen-bond donors (Lipinski definition) is 1. The van der Waals surface area contributed by atoms with E-state index in [1.54, 1.807) is 34.1 Å². The Morgan fingerprint density at radius 3 is 2.35 bits per heavy atom. The molecule has 0 unspecified atom stereocenters. The van der Waals surface area contributed by atoms with Crippen LogP contribution in [0, 0.1) is 0 Å². The smallest absolute Gasteiger partial charge is 0.409 e. The van der Waals surface area contributed by atoms with Crippen molar-refractivity contribution in [3.8, 4) is 5.75 Å². The summed E-state index contributed by atoms with van der Waals surface area (Å²) in [6.07, 6.45) is -0.390. The van der Waals surface area contributed by atoms with E-state index in [1.807, 2.05) is 0 Å². The first kappa shape index (κ1) is 16.6. The molecule has 1 aromatic carbocycles. The number of nitrogens with one attached hydrogen (secondary N) is 1. The van der Waals surface area contributed by atoms with Gasteiger partial charge in [0.15, 0.2) is 0 Å².